The topological polar surface area (TPSA) is 64.9 Å². The summed E-state index contributed by atoms with van der Waals surface area (Å²) in [5, 5.41) is 4.80. The van der Waals surface area contributed by atoms with Gasteiger partial charge in [0.05, 0.1) is 25.8 Å². The van der Waals surface area contributed by atoms with Crippen LogP contribution in [0.5, 0.6) is 5.75 Å². The molecule has 0 unspecified atom stereocenters. The summed E-state index contributed by atoms with van der Waals surface area (Å²) in [5.41, 5.74) is 2.82. The van der Waals surface area contributed by atoms with Gasteiger partial charge in [-0.1, -0.05) is 0 Å². The van der Waals surface area contributed by atoms with E-state index in [1.165, 1.54) is 11.3 Å². The summed E-state index contributed by atoms with van der Waals surface area (Å²) in [5.74, 6) is 0.791. The average molecular weight is 345 g/mol. The number of carbonyl (C=O) groups excluding carboxylic acids is 1. The molecule has 1 N–H and O–H groups in total. The molecule has 0 bridgehead atoms. The van der Waals surface area contributed by atoms with Crippen molar-refractivity contribution in [3.05, 3.63) is 41.5 Å². The van der Waals surface area contributed by atoms with Crippen LogP contribution in [0.15, 0.2) is 35.8 Å². The quantitative estimate of drug-likeness (QED) is 0.668. The summed E-state index contributed by atoms with van der Waals surface area (Å²) in [6.07, 6.45) is 2.29. The molecule has 0 aliphatic carbocycles. The first-order valence-corrected chi connectivity index (χ1v) is 8.44. The molecule has 3 rings (SSSR count). The Labute approximate surface area is 144 Å². The number of rotatable bonds is 7. The lowest BCUT2D eigenvalue weighted by molar-refractivity contribution is -0.120. The molecular weight excluding hydrogens is 326 g/mol. The number of fused-ring (bicyclic) bond motifs is 1. The van der Waals surface area contributed by atoms with Gasteiger partial charge in [0.25, 0.3) is 0 Å². The fraction of sp³-hybridized carbons (Fsp3) is 0.294. The smallest absolute Gasteiger partial charge is 0.226 e. The van der Waals surface area contributed by atoms with Crippen molar-refractivity contribution in [1.82, 2.24) is 14.7 Å². The Morgan fingerprint density at radius 3 is 2.79 bits per heavy atom. The summed E-state index contributed by atoms with van der Waals surface area (Å²) in [4.78, 5) is 17.5. The van der Waals surface area contributed by atoms with Gasteiger partial charge in [0.15, 0.2) is 4.96 Å². The van der Waals surface area contributed by atoms with Crippen molar-refractivity contribution in [3.8, 4) is 17.0 Å². The maximum atomic E-state index is 12.0. The third kappa shape index (κ3) is 3.58. The van der Waals surface area contributed by atoms with Gasteiger partial charge in [0, 0.05) is 36.5 Å². The van der Waals surface area contributed by atoms with Gasteiger partial charge in [0.2, 0.25) is 5.91 Å². The predicted octanol–water partition coefficient (Wildman–Crippen LogP) is 2.38. The fourth-order valence-corrected chi connectivity index (χ4v) is 3.25. The third-order valence-corrected chi connectivity index (χ3v) is 4.53. The van der Waals surface area contributed by atoms with Gasteiger partial charge in [-0.2, -0.15) is 0 Å². The van der Waals surface area contributed by atoms with Crippen molar-refractivity contribution in [2.24, 2.45) is 0 Å². The van der Waals surface area contributed by atoms with Crippen LogP contribution in [0.3, 0.4) is 0 Å². The molecule has 0 saturated carbocycles. The van der Waals surface area contributed by atoms with Crippen molar-refractivity contribution < 1.29 is 14.3 Å². The number of carbonyl (C=O) groups is 1. The number of imidazole rings is 1. The van der Waals surface area contributed by atoms with Crippen LogP contribution >= 0.6 is 11.3 Å². The van der Waals surface area contributed by atoms with E-state index in [2.05, 4.69) is 10.3 Å². The Morgan fingerprint density at radius 2 is 2.08 bits per heavy atom. The molecule has 0 aliphatic heterocycles. The van der Waals surface area contributed by atoms with Gasteiger partial charge in [-0.05, 0) is 24.3 Å². The van der Waals surface area contributed by atoms with E-state index in [4.69, 9.17) is 9.47 Å². The highest BCUT2D eigenvalue weighted by atomic mass is 32.1. The first-order valence-electron chi connectivity index (χ1n) is 7.57. The number of methoxy groups -OCH3 is 2. The summed E-state index contributed by atoms with van der Waals surface area (Å²) in [6, 6.07) is 7.77. The maximum Gasteiger partial charge on any atom is 0.226 e. The number of benzene rings is 1. The number of amides is 1. The minimum Gasteiger partial charge on any atom is -0.497 e. The zero-order valence-electron chi connectivity index (χ0n) is 13.6. The van der Waals surface area contributed by atoms with Crippen LogP contribution < -0.4 is 10.1 Å². The van der Waals surface area contributed by atoms with Crippen molar-refractivity contribution in [3.63, 3.8) is 0 Å². The monoisotopic (exact) mass is 345 g/mol. The first-order chi connectivity index (χ1) is 11.7. The number of nitrogens with one attached hydrogen (secondary N) is 1. The molecule has 0 radical (unpaired) electrons. The number of hydrogen-bond donors (Lipinski definition) is 1. The third-order valence-electron chi connectivity index (χ3n) is 3.64. The van der Waals surface area contributed by atoms with Crippen molar-refractivity contribution >= 4 is 22.2 Å². The second-order valence-electron chi connectivity index (χ2n) is 5.25. The first kappa shape index (κ1) is 16.5. The Bertz CT molecular complexity index is 823. The number of hydrogen-bond acceptors (Lipinski definition) is 5. The maximum absolute atomic E-state index is 12.0. The lowest BCUT2D eigenvalue weighted by atomic mass is 10.2. The highest BCUT2D eigenvalue weighted by Crippen LogP contribution is 2.25. The Morgan fingerprint density at radius 1 is 1.29 bits per heavy atom. The van der Waals surface area contributed by atoms with Crippen molar-refractivity contribution in [2.75, 3.05) is 27.4 Å². The van der Waals surface area contributed by atoms with Crippen molar-refractivity contribution in [2.45, 2.75) is 6.42 Å². The SMILES string of the molecule is COCCNC(=O)Cc1csc2nc(-c3ccc(OC)cc3)cn12. The molecule has 0 aliphatic rings. The minimum absolute atomic E-state index is 0.0218. The van der Waals surface area contributed by atoms with E-state index in [1.54, 1.807) is 14.2 Å². The molecule has 2 aromatic heterocycles. The molecule has 0 spiro atoms. The van der Waals surface area contributed by atoms with Crippen LogP contribution in [0.25, 0.3) is 16.2 Å². The Balaban J connectivity index is 1.77. The zero-order chi connectivity index (χ0) is 16.9. The average Bonchev–Trinajstić information content (AvgIpc) is 3.17. The number of nitrogens with zero attached hydrogens (tertiary/aromatic N) is 2. The van der Waals surface area contributed by atoms with Crippen LogP contribution in [-0.4, -0.2) is 42.7 Å². The van der Waals surface area contributed by atoms with Crippen molar-refractivity contribution in [1.29, 1.82) is 0 Å². The molecule has 0 saturated heterocycles. The molecule has 2 heterocycles. The molecule has 1 aromatic carbocycles. The molecule has 1 amide bonds. The number of thiazole rings is 1. The molecular formula is C17H19N3O3S. The van der Waals surface area contributed by atoms with E-state index in [1.807, 2.05) is 40.2 Å². The van der Waals surface area contributed by atoms with E-state index in [-0.39, 0.29) is 5.91 Å². The standard InChI is InChI=1S/C17H19N3O3S/c1-22-8-7-18-16(21)9-13-11-24-17-19-15(10-20(13)17)12-3-5-14(23-2)6-4-12/h3-6,10-11H,7-9H2,1-2H3,(H,18,21). The molecule has 0 atom stereocenters. The fourth-order valence-electron chi connectivity index (χ4n) is 2.38. The largest absolute Gasteiger partial charge is 0.497 e. The van der Waals surface area contributed by atoms with Gasteiger partial charge in [-0.15, -0.1) is 11.3 Å². The summed E-state index contributed by atoms with van der Waals surface area (Å²) in [6.45, 7) is 1.03. The minimum atomic E-state index is -0.0218. The van der Waals surface area contributed by atoms with Gasteiger partial charge in [-0.3, -0.25) is 9.20 Å². The van der Waals surface area contributed by atoms with E-state index < -0.39 is 0 Å². The van der Waals surface area contributed by atoms with E-state index in [0.29, 0.717) is 19.6 Å². The molecule has 24 heavy (non-hydrogen) atoms. The highest BCUT2D eigenvalue weighted by molar-refractivity contribution is 7.15. The summed E-state index contributed by atoms with van der Waals surface area (Å²) >= 11 is 1.53. The van der Waals surface area contributed by atoms with Crippen LogP contribution in [0.2, 0.25) is 0 Å². The number of aromatic nitrogens is 2. The van der Waals surface area contributed by atoms with E-state index >= 15 is 0 Å². The predicted molar refractivity (Wildman–Crippen MR) is 93.6 cm³/mol. The van der Waals surface area contributed by atoms with Crippen LogP contribution in [0.4, 0.5) is 0 Å². The Kier molecular flexibility index (Phi) is 5.12. The van der Waals surface area contributed by atoms with E-state index in [0.717, 1.165) is 27.7 Å². The van der Waals surface area contributed by atoms with Crippen LogP contribution in [0, 0.1) is 0 Å². The molecule has 0 fully saturated rings. The second-order valence-corrected chi connectivity index (χ2v) is 6.09. The lowest BCUT2D eigenvalue weighted by Crippen LogP contribution is -2.28. The molecule has 126 valence electrons. The molecule has 7 heteroatoms. The molecule has 6 nitrogen and oxygen atoms in total. The Hall–Kier alpha value is -2.38. The van der Waals surface area contributed by atoms with Gasteiger partial charge >= 0.3 is 0 Å². The van der Waals surface area contributed by atoms with E-state index in [9.17, 15) is 4.79 Å². The van der Waals surface area contributed by atoms with Gasteiger partial charge in [0.1, 0.15) is 5.75 Å². The highest BCUT2D eigenvalue weighted by Gasteiger charge is 2.12. The molecule has 3 aromatic rings. The second kappa shape index (κ2) is 7.46. The lowest BCUT2D eigenvalue weighted by Gasteiger charge is -2.03. The van der Waals surface area contributed by atoms with Crippen LogP contribution in [-0.2, 0) is 16.0 Å². The van der Waals surface area contributed by atoms with Crippen LogP contribution in [0.1, 0.15) is 5.69 Å². The van der Waals surface area contributed by atoms with Gasteiger partial charge in [-0.25, -0.2) is 4.98 Å². The summed E-state index contributed by atoms with van der Waals surface area (Å²) in [7, 11) is 3.26. The number of ether oxygens (including phenoxy) is 2. The summed E-state index contributed by atoms with van der Waals surface area (Å²) < 4.78 is 12.1. The zero-order valence-corrected chi connectivity index (χ0v) is 14.4. The van der Waals surface area contributed by atoms with Gasteiger partial charge < -0.3 is 14.8 Å². The normalized spacial score (nSPS) is 10.9.